The Balaban J connectivity index is 2.00. The summed E-state index contributed by atoms with van der Waals surface area (Å²) in [5, 5.41) is 15.9. The lowest BCUT2D eigenvalue weighted by Gasteiger charge is -1.98. The van der Waals surface area contributed by atoms with Crippen LogP contribution in [-0.2, 0) is 20.0 Å². The minimum Gasteiger partial charge on any atom is -0.330 e. The predicted molar refractivity (Wildman–Crippen MR) is 57.5 cm³/mol. The maximum atomic E-state index is 5.44. The highest BCUT2D eigenvalue weighted by Gasteiger charge is 2.04. The molecule has 0 saturated heterocycles. The normalized spacial score (nSPS) is 10.9. The third-order valence-electron chi connectivity index (χ3n) is 2.33. The van der Waals surface area contributed by atoms with Crippen molar-refractivity contribution in [3.8, 4) is 0 Å². The molecule has 0 aromatic carbocycles. The van der Waals surface area contributed by atoms with E-state index >= 15 is 0 Å². The third-order valence-corrected chi connectivity index (χ3v) is 2.33. The van der Waals surface area contributed by atoms with Gasteiger partial charge < -0.3 is 10.3 Å². The second-order valence-corrected chi connectivity index (χ2v) is 3.66. The molecule has 0 fully saturated rings. The van der Waals surface area contributed by atoms with Crippen LogP contribution in [0, 0.1) is 0 Å². The van der Waals surface area contributed by atoms with Crippen molar-refractivity contribution in [2.24, 2.45) is 12.8 Å². The Bertz CT molecular complexity index is 444. The molecule has 0 saturated carbocycles. The minimum atomic E-state index is 0.589. The summed E-state index contributed by atoms with van der Waals surface area (Å²) in [7, 11) is 1.90. The van der Waals surface area contributed by atoms with Gasteiger partial charge in [0, 0.05) is 13.2 Å². The molecule has 2 rings (SSSR count). The van der Waals surface area contributed by atoms with Gasteiger partial charge in [0.15, 0.2) is 5.82 Å². The van der Waals surface area contributed by atoms with Gasteiger partial charge in [-0.1, -0.05) is 5.21 Å². The van der Waals surface area contributed by atoms with Crippen LogP contribution < -0.4 is 5.73 Å². The minimum absolute atomic E-state index is 0.589. The van der Waals surface area contributed by atoms with Crippen LogP contribution in [-0.4, -0.2) is 36.3 Å². The highest BCUT2D eigenvalue weighted by Crippen LogP contribution is 2.00. The van der Waals surface area contributed by atoms with Gasteiger partial charge in [-0.05, 0) is 19.4 Å². The lowest BCUT2D eigenvalue weighted by Crippen LogP contribution is -2.06. The van der Waals surface area contributed by atoms with Crippen molar-refractivity contribution < 1.29 is 0 Å². The van der Waals surface area contributed by atoms with Crippen LogP contribution in [0.4, 0.5) is 0 Å². The van der Waals surface area contributed by atoms with Gasteiger partial charge in [0.1, 0.15) is 12.9 Å². The first-order valence-electron chi connectivity index (χ1n) is 5.21. The smallest absolute Gasteiger partial charge is 0.154 e. The van der Waals surface area contributed by atoms with Gasteiger partial charge in [0.2, 0.25) is 0 Å². The van der Waals surface area contributed by atoms with Crippen LogP contribution in [0.3, 0.4) is 0 Å². The number of rotatable bonds is 5. The highest BCUT2D eigenvalue weighted by molar-refractivity contribution is 4.94. The van der Waals surface area contributed by atoms with Crippen molar-refractivity contribution in [1.29, 1.82) is 0 Å². The SMILES string of the molecule is Cn1cnnc1Cn1cc(CCCN)nn1. The van der Waals surface area contributed by atoms with Gasteiger partial charge in [0.25, 0.3) is 0 Å². The van der Waals surface area contributed by atoms with E-state index in [0.717, 1.165) is 24.4 Å². The molecule has 0 bridgehead atoms. The molecule has 0 amide bonds. The second-order valence-electron chi connectivity index (χ2n) is 3.66. The van der Waals surface area contributed by atoms with Crippen LogP contribution in [0.1, 0.15) is 17.9 Å². The van der Waals surface area contributed by atoms with Crippen LogP contribution in [0.25, 0.3) is 0 Å². The van der Waals surface area contributed by atoms with Crippen LogP contribution in [0.2, 0.25) is 0 Å². The van der Waals surface area contributed by atoms with Crippen molar-refractivity contribution in [2.75, 3.05) is 6.54 Å². The average Bonchev–Trinajstić information content (AvgIpc) is 2.87. The van der Waals surface area contributed by atoms with E-state index in [1.807, 2.05) is 17.8 Å². The fourth-order valence-electron chi connectivity index (χ4n) is 1.41. The topological polar surface area (TPSA) is 87.4 Å². The molecule has 0 aliphatic carbocycles. The lowest BCUT2D eigenvalue weighted by atomic mass is 10.2. The maximum absolute atomic E-state index is 5.44. The molecule has 0 aliphatic heterocycles. The molecule has 2 N–H and O–H groups in total. The number of hydrogen-bond donors (Lipinski definition) is 1. The summed E-state index contributed by atoms with van der Waals surface area (Å²) in [6, 6.07) is 0. The van der Waals surface area contributed by atoms with E-state index in [-0.39, 0.29) is 0 Å². The summed E-state index contributed by atoms with van der Waals surface area (Å²) in [6.07, 6.45) is 5.39. The van der Waals surface area contributed by atoms with Crippen molar-refractivity contribution in [2.45, 2.75) is 19.4 Å². The van der Waals surface area contributed by atoms with Gasteiger partial charge in [-0.25, -0.2) is 4.68 Å². The first-order valence-corrected chi connectivity index (χ1v) is 5.21. The molecule has 0 atom stereocenters. The van der Waals surface area contributed by atoms with Crippen molar-refractivity contribution in [1.82, 2.24) is 29.8 Å². The lowest BCUT2D eigenvalue weighted by molar-refractivity contribution is 0.605. The third kappa shape index (κ3) is 2.43. The van der Waals surface area contributed by atoms with E-state index in [4.69, 9.17) is 5.73 Å². The van der Waals surface area contributed by atoms with Gasteiger partial charge in [-0.2, -0.15) is 0 Å². The zero-order chi connectivity index (χ0) is 11.4. The van der Waals surface area contributed by atoms with E-state index in [2.05, 4.69) is 20.5 Å². The summed E-state index contributed by atoms with van der Waals surface area (Å²) in [6.45, 7) is 1.27. The Morgan fingerprint density at radius 2 is 2.25 bits per heavy atom. The molecular formula is C9H15N7. The molecule has 16 heavy (non-hydrogen) atoms. The molecule has 2 heterocycles. The number of hydrogen-bond acceptors (Lipinski definition) is 5. The largest absolute Gasteiger partial charge is 0.330 e. The number of nitrogens with two attached hydrogens (primary N) is 1. The van der Waals surface area contributed by atoms with E-state index in [9.17, 15) is 0 Å². The van der Waals surface area contributed by atoms with Crippen molar-refractivity contribution in [3.05, 3.63) is 24.0 Å². The van der Waals surface area contributed by atoms with Crippen LogP contribution in [0.15, 0.2) is 12.5 Å². The van der Waals surface area contributed by atoms with E-state index in [1.54, 1.807) is 11.0 Å². The summed E-state index contributed by atoms with van der Waals surface area (Å²) >= 11 is 0. The van der Waals surface area contributed by atoms with Crippen LogP contribution >= 0.6 is 0 Å². The van der Waals surface area contributed by atoms with Gasteiger partial charge >= 0.3 is 0 Å². The molecule has 0 unspecified atom stereocenters. The number of aryl methyl sites for hydroxylation is 2. The Kier molecular flexibility index (Phi) is 3.25. The Morgan fingerprint density at radius 3 is 2.94 bits per heavy atom. The molecule has 0 spiro atoms. The number of nitrogens with zero attached hydrogens (tertiary/aromatic N) is 6. The van der Waals surface area contributed by atoms with E-state index < -0.39 is 0 Å². The Hall–Kier alpha value is -1.76. The van der Waals surface area contributed by atoms with E-state index in [1.165, 1.54) is 0 Å². The van der Waals surface area contributed by atoms with Crippen molar-refractivity contribution >= 4 is 0 Å². The predicted octanol–water partition coefficient (Wildman–Crippen LogP) is -0.654. The zero-order valence-electron chi connectivity index (χ0n) is 9.24. The summed E-state index contributed by atoms with van der Waals surface area (Å²) in [5.74, 6) is 0.857. The second kappa shape index (κ2) is 4.84. The Labute approximate surface area is 93.3 Å². The van der Waals surface area contributed by atoms with Gasteiger partial charge in [0.05, 0.1) is 5.69 Å². The first kappa shape index (κ1) is 10.7. The summed E-state index contributed by atoms with van der Waals surface area (Å²) in [4.78, 5) is 0. The summed E-state index contributed by atoms with van der Waals surface area (Å²) < 4.78 is 3.62. The fraction of sp³-hybridized carbons (Fsp3) is 0.556. The molecule has 2 aromatic rings. The molecule has 0 aliphatic rings. The molecular weight excluding hydrogens is 206 g/mol. The van der Waals surface area contributed by atoms with E-state index in [0.29, 0.717) is 13.1 Å². The molecule has 2 aromatic heterocycles. The van der Waals surface area contributed by atoms with Gasteiger partial charge in [-0.15, -0.1) is 15.3 Å². The van der Waals surface area contributed by atoms with Crippen molar-refractivity contribution in [3.63, 3.8) is 0 Å². The first-order chi connectivity index (χ1) is 7.79. The molecule has 7 heteroatoms. The maximum Gasteiger partial charge on any atom is 0.154 e. The average molecular weight is 221 g/mol. The fourth-order valence-corrected chi connectivity index (χ4v) is 1.41. The molecule has 7 nitrogen and oxygen atoms in total. The zero-order valence-corrected chi connectivity index (χ0v) is 9.24. The monoisotopic (exact) mass is 221 g/mol. The highest BCUT2D eigenvalue weighted by atomic mass is 15.4. The summed E-state index contributed by atoms with van der Waals surface area (Å²) in [5.41, 5.74) is 6.40. The standard InChI is InChI=1S/C9H15N7/c1-15-7-11-13-9(15)6-16-5-8(12-14-16)3-2-4-10/h5,7H,2-4,6,10H2,1H3. The molecule has 86 valence electrons. The van der Waals surface area contributed by atoms with Gasteiger partial charge in [-0.3, -0.25) is 0 Å². The Morgan fingerprint density at radius 1 is 1.38 bits per heavy atom. The quantitative estimate of drug-likeness (QED) is 0.724. The number of aromatic nitrogens is 6. The van der Waals surface area contributed by atoms with Crippen LogP contribution in [0.5, 0.6) is 0 Å². The molecule has 0 radical (unpaired) electrons.